The number of carbonyl (C=O) groups is 2. The molecule has 0 radical (unpaired) electrons. The lowest BCUT2D eigenvalue weighted by molar-refractivity contribution is -0.143. The van der Waals surface area contributed by atoms with Crippen LogP contribution in [-0.2, 0) is 11.0 Å². The minimum atomic E-state index is -4.56. The van der Waals surface area contributed by atoms with E-state index in [1.807, 2.05) is 4.40 Å². The first kappa shape index (κ1) is 29.0. The third-order valence-corrected chi connectivity index (χ3v) is 7.41. The van der Waals surface area contributed by atoms with E-state index in [9.17, 15) is 27.9 Å². The van der Waals surface area contributed by atoms with Crippen molar-refractivity contribution in [1.82, 2.24) is 24.3 Å². The predicted octanol–water partition coefficient (Wildman–Crippen LogP) is 4.37. The Bertz CT molecular complexity index is 1630. The molecule has 4 N–H and O–H groups in total. The van der Waals surface area contributed by atoms with Gasteiger partial charge in [0.1, 0.15) is 28.7 Å². The van der Waals surface area contributed by atoms with Crippen LogP contribution in [-0.4, -0.2) is 60.9 Å². The van der Waals surface area contributed by atoms with Crippen LogP contribution in [0.3, 0.4) is 0 Å². The Kier molecular flexibility index (Phi) is 7.62. The zero-order chi connectivity index (χ0) is 30.2. The summed E-state index contributed by atoms with van der Waals surface area (Å²) in [6.45, 7) is 4.21. The number of aliphatic hydroxyl groups excluding tert-OH is 1. The number of nitrogen functional groups attached to an aromatic ring is 1. The lowest BCUT2D eigenvalue weighted by Crippen LogP contribution is -2.47. The molecule has 1 unspecified atom stereocenters. The summed E-state index contributed by atoms with van der Waals surface area (Å²) in [4.78, 5) is 40.5. The normalized spacial score (nSPS) is 16.0. The standard InChI is InChI=1S/C29H30F3N7O3/c1-28(2,16-40)27(42)38-12-3-4-19(15-38)25-37-22(23-24(33)35-11-13-39(23)25)17-5-7-18(8-6-17)26(41)36-21-14-20(9-10-34-21)29(30,31)32/h5-11,13-14,19,40H,3-4,12,15-16H2,1-2H3,(H2,33,35)(H,34,36,41). The largest absolute Gasteiger partial charge is 0.416 e. The summed E-state index contributed by atoms with van der Waals surface area (Å²) in [5.41, 5.74) is 6.46. The molecule has 220 valence electrons. The Hall–Kier alpha value is -4.52. The number of hydrogen-bond acceptors (Lipinski definition) is 7. The van der Waals surface area contributed by atoms with Crippen LogP contribution in [0.25, 0.3) is 16.8 Å². The fourth-order valence-corrected chi connectivity index (χ4v) is 5.09. The molecular formula is C29H30F3N7O3. The molecule has 1 aliphatic rings. The number of aromatic nitrogens is 4. The summed E-state index contributed by atoms with van der Waals surface area (Å²) in [5.74, 6) is -0.0799. The van der Waals surface area contributed by atoms with Gasteiger partial charge >= 0.3 is 6.18 Å². The number of hydrogen-bond donors (Lipinski definition) is 3. The molecule has 1 atom stereocenters. The molecule has 1 fully saturated rings. The highest BCUT2D eigenvalue weighted by molar-refractivity contribution is 6.04. The van der Waals surface area contributed by atoms with E-state index in [0.717, 1.165) is 31.2 Å². The van der Waals surface area contributed by atoms with Gasteiger partial charge in [-0.1, -0.05) is 12.1 Å². The summed E-state index contributed by atoms with van der Waals surface area (Å²) in [6, 6.07) is 8.01. The van der Waals surface area contributed by atoms with Crippen molar-refractivity contribution in [1.29, 1.82) is 0 Å². The molecule has 10 nitrogen and oxygen atoms in total. The van der Waals surface area contributed by atoms with Crippen molar-refractivity contribution in [3.05, 3.63) is 71.9 Å². The quantitative estimate of drug-likeness (QED) is 0.307. The number of rotatable bonds is 6. The van der Waals surface area contributed by atoms with E-state index < -0.39 is 23.1 Å². The average molecular weight is 582 g/mol. The van der Waals surface area contributed by atoms with Crippen LogP contribution in [0.1, 0.15) is 54.4 Å². The second-order valence-electron chi connectivity index (χ2n) is 10.9. The number of nitrogens with one attached hydrogen (secondary N) is 1. The number of halogens is 3. The molecule has 1 aliphatic heterocycles. The number of amides is 2. The number of alkyl halides is 3. The lowest BCUT2D eigenvalue weighted by atomic mass is 9.90. The fourth-order valence-electron chi connectivity index (χ4n) is 5.09. The third kappa shape index (κ3) is 5.64. The number of anilines is 2. The zero-order valence-electron chi connectivity index (χ0n) is 23.0. The summed E-state index contributed by atoms with van der Waals surface area (Å²) in [6.07, 6.45) is 1.33. The number of pyridine rings is 1. The van der Waals surface area contributed by atoms with Gasteiger partial charge in [0.05, 0.1) is 17.6 Å². The first-order valence-electron chi connectivity index (χ1n) is 13.4. The van der Waals surface area contributed by atoms with E-state index in [2.05, 4.69) is 15.3 Å². The molecule has 42 heavy (non-hydrogen) atoms. The summed E-state index contributed by atoms with van der Waals surface area (Å²) < 4.78 is 40.9. The first-order chi connectivity index (χ1) is 19.9. The SMILES string of the molecule is CC(C)(CO)C(=O)N1CCCC(c2nc(-c3ccc(C(=O)Nc4cc(C(F)(F)F)ccn4)cc3)c3c(N)nccn23)C1. The van der Waals surface area contributed by atoms with Crippen LogP contribution in [0.2, 0.25) is 0 Å². The minimum absolute atomic E-state index is 0.0924. The van der Waals surface area contributed by atoms with Gasteiger partial charge in [0.15, 0.2) is 0 Å². The average Bonchev–Trinajstić information content (AvgIpc) is 3.37. The molecule has 2 amide bonds. The van der Waals surface area contributed by atoms with Crippen LogP contribution in [0.5, 0.6) is 0 Å². The molecule has 3 aromatic heterocycles. The molecule has 4 aromatic rings. The van der Waals surface area contributed by atoms with E-state index in [1.54, 1.807) is 43.3 Å². The maximum Gasteiger partial charge on any atom is 0.416 e. The number of benzene rings is 1. The van der Waals surface area contributed by atoms with Gasteiger partial charge in [-0.2, -0.15) is 13.2 Å². The second-order valence-corrected chi connectivity index (χ2v) is 10.9. The Morgan fingerprint density at radius 1 is 1.12 bits per heavy atom. The molecular weight excluding hydrogens is 551 g/mol. The van der Waals surface area contributed by atoms with Gasteiger partial charge in [-0.05, 0) is 51.0 Å². The number of nitrogens with zero attached hydrogens (tertiary/aromatic N) is 5. The van der Waals surface area contributed by atoms with Crippen molar-refractivity contribution in [2.45, 2.75) is 38.8 Å². The van der Waals surface area contributed by atoms with Crippen molar-refractivity contribution in [2.24, 2.45) is 5.41 Å². The number of piperidine rings is 1. The number of likely N-dealkylation sites (tertiary alicyclic amines) is 1. The fraction of sp³-hybridized carbons (Fsp3) is 0.345. The molecule has 5 rings (SSSR count). The van der Waals surface area contributed by atoms with Gasteiger partial charge in [-0.25, -0.2) is 15.0 Å². The van der Waals surface area contributed by atoms with Gasteiger partial charge in [-0.15, -0.1) is 0 Å². The monoisotopic (exact) mass is 581 g/mol. The van der Waals surface area contributed by atoms with E-state index in [0.29, 0.717) is 35.7 Å². The highest BCUT2D eigenvalue weighted by atomic mass is 19.4. The predicted molar refractivity (Wildman–Crippen MR) is 149 cm³/mol. The molecule has 0 saturated carbocycles. The Morgan fingerprint density at radius 3 is 2.55 bits per heavy atom. The maximum absolute atomic E-state index is 13.1. The molecule has 0 spiro atoms. The highest BCUT2D eigenvalue weighted by Crippen LogP contribution is 2.35. The highest BCUT2D eigenvalue weighted by Gasteiger charge is 2.36. The van der Waals surface area contributed by atoms with Gasteiger partial charge in [-0.3, -0.25) is 14.0 Å². The number of imidazole rings is 1. The van der Waals surface area contributed by atoms with Crippen LogP contribution in [0.4, 0.5) is 24.8 Å². The Morgan fingerprint density at radius 2 is 1.86 bits per heavy atom. The van der Waals surface area contributed by atoms with Crippen LogP contribution in [0.15, 0.2) is 55.0 Å². The maximum atomic E-state index is 13.1. The van der Waals surface area contributed by atoms with Gasteiger partial charge in [0.25, 0.3) is 5.91 Å². The Labute approximate surface area is 239 Å². The lowest BCUT2D eigenvalue weighted by Gasteiger charge is -2.36. The third-order valence-electron chi connectivity index (χ3n) is 7.41. The van der Waals surface area contributed by atoms with Crippen LogP contribution < -0.4 is 11.1 Å². The van der Waals surface area contributed by atoms with Crippen LogP contribution >= 0.6 is 0 Å². The van der Waals surface area contributed by atoms with E-state index in [4.69, 9.17) is 10.7 Å². The summed E-state index contributed by atoms with van der Waals surface area (Å²) in [5, 5.41) is 12.1. The van der Waals surface area contributed by atoms with Crippen molar-refractivity contribution in [3.8, 4) is 11.3 Å². The second kappa shape index (κ2) is 11.0. The number of nitrogens with two attached hydrogens (primary N) is 1. The van der Waals surface area contributed by atoms with Gasteiger partial charge in [0.2, 0.25) is 5.91 Å². The van der Waals surface area contributed by atoms with E-state index in [-0.39, 0.29) is 35.6 Å². The molecule has 0 aliphatic carbocycles. The summed E-state index contributed by atoms with van der Waals surface area (Å²) >= 11 is 0. The van der Waals surface area contributed by atoms with Gasteiger partial charge < -0.3 is 21.1 Å². The molecule has 1 aromatic carbocycles. The smallest absolute Gasteiger partial charge is 0.395 e. The van der Waals surface area contributed by atoms with Crippen molar-refractivity contribution < 1.29 is 27.9 Å². The number of fused-ring (bicyclic) bond motifs is 1. The summed E-state index contributed by atoms with van der Waals surface area (Å²) in [7, 11) is 0. The van der Waals surface area contributed by atoms with E-state index in [1.165, 1.54) is 12.1 Å². The molecule has 13 heteroatoms. The minimum Gasteiger partial charge on any atom is -0.395 e. The van der Waals surface area contributed by atoms with Crippen molar-refractivity contribution in [2.75, 3.05) is 30.7 Å². The van der Waals surface area contributed by atoms with Crippen molar-refractivity contribution >= 4 is 29.0 Å². The van der Waals surface area contributed by atoms with Crippen LogP contribution in [0, 0.1) is 5.41 Å². The number of carbonyl (C=O) groups excluding carboxylic acids is 2. The zero-order valence-corrected chi connectivity index (χ0v) is 23.0. The molecule has 4 heterocycles. The van der Waals surface area contributed by atoms with E-state index >= 15 is 0 Å². The van der Waals surface area contributed by atoms with Crippen molar-refractivity contribution in [3.63, 3.8) is 0 Å². The first-order valence-corrected chi connectivity index (χ1v) is 13.4. The number of aliphatic hydroxyl groups is 1. The molecule has 0 bridgehead atoms. The Balaban J connectivity index is 1.42. The van der Waals surface area contributed by atoms with Gasteiger partial charge in [0, 0.05) is 48.7 Å². The molecule has 1 saturated heterocycles. The topological polar surface area (TPSA) is 139 Å².